The van der Waals surface area contributed by atoms with E-state index in [9.17, 15) is 9.90 Å². The number of para-hydroxylation sites is 2. The zero-order valence-corrected chi connectivity index (χ0v) is 17.3. The van der Waals surface area contributed by atoms with Gasteiger partial charge in [-0.1, -0.05) is 19.1 Å². The van der Waals surface area contributed by atoms with Gasteiger partial charge in [0, 0.05) is 25.5 Å². The summed E-state index contributed by atoms with van der Waals surface area (Å²) < 4.78 is 7.69. The van der Waals surface area contributed by atoms with Crippen molar-refractivity contribution >= 4 is 22.0 Å². The first kappa shape index (κ1) is 18.9. The summed E-state index contributed by atoms with van der Waals surface area (Å²) in [4.78, 5) is 19.9. The third-order valence-electron chi connectivity index (χ3n) is 6.13. The normalized spacial score (nSPS) is 17.7. The van der Waals surface area contributed by atoms with Crippen molar-refractivity contribution in [2.45, 2.75) is 26.3 Å². The predicted octanol–water partition coefficient (Wildman–Crippen LogP) is 4.28. The number of rotatable bonds is 3. The summed E-state index contributed by atoms with van der Waals surface area (Å²) in [6, 6.07) is 13.1. The zero-order valence-electron chi connectivity index (χ0n) is 17.3. The van der Waals surface area contributed by atoms with Crippen molar-refractivity contribution in [2.75, 3.05) is 13.1 Å². The van der Waals surface area contributed by atoms with Crippen molar-refractivity contribution in [3.05, 3.63) is 58.4 Å². The minimum atomic E-state index is -0.445. The molecule has 0 aliphatic carbocycles. The molecule has 0 radical (unpaired) electrons. The second-order valence-corrected chi connectivity index (χ2v) is 8.39. The lowest BCUT2D eigenvalue weighted by Crippen LogP contribution is -2.33. The van der Waals surface area contributed by atoms with E-state index in [1.54, 1.807) is 12.1 Å². The molecule has 30 heavy (non-hydrogen) atoms. The van der Waals surface area contributed by atoms with E-state index >= 15 is 0 Å². The number of aromatic nitrogens is 2. The molecule has 3 heterocycles. The van der Waals surface area contributed by atoms with Crippen LogP contribution in [-0.2, 0) is 13.6 Å². The topological polar surface area (TPSA) is 71.5 Å². The van der Waals surface area contributed by atoms with Crippen LogP contribution in [0.2, 0.25) is 0 Å². The van der Waals surface area contributed by atoms with Crippen molar-refractivity contribution < 1.29 is 9.52 Å². The van der Waals surface area contributed by atoms with Crippen LogP contribution in [0.4, 0.5) is 0 Å². The van der Waals surface area contributed by atoms with Crippen molar-refractivity contribution in [1.82, 2.24) is 14.5 Å². The molecule has 1 N–H and O–H groups in total. The molecule has 1 saturated heterocycles. The Bertz CT molecular complexity index is 1300. The summed E-state index contributed by atoms with van der Waals surface area (Å²) in [7, 11) is 1.90. The van der Waals surface area contributed by atoms with Gasteiger partial charge in [-0.2, -0.15) is 0 Å². The quantitative estimate of drug-likeness (QED) is 0.517. The van der Waals surface area contributed by atoms with Gasteiger partial charge in [-0.05, 0) is 55.6 Å². The highest BCUT2D eigenvalue weighted by Gasteiger charge is 2.21. The number of piperidine rings is 1. The van der Waals surface area contributed by atoms with Gasteiger partial charge in [0.05, 0.1) is 16.6 Å². The maximum absolute atomic E-state index is 13.0. The predicted molar refractivity (Wildman–Crippen MR) is 118 cm³/mol. The Labute approximate surface area is 174 Å². The first-order valence-electron chi connectivity index (χ1n) is 10.4. The molecule has 154 valence electrons. The fourth-order valence-electron chi connectivity index (χ4n) is 4.58. The number of nitrogens with zero attached hydrogens (tertiary/aromatic N) is 3. The van der Waals surface area contributed by atoms with Gasteiger partial charge in [-0.3, -0.25) is 4.90 Å². The maximum Gasteiger partial charge on any atom is 0.347 e. The molecule has 6 nitrogen and oxygen atoms in total. The number of likely N-dealkylation sites (tertiary alicyclic amines) is 1. The third kappa shape index (κ3) is 3.17. The molecule has 0 saturated carbocycles. The Morgan fingerprint density at radius 1 is 1.23 bits per heavy atom. The van der Waals surface area contributed by atoms with Crippen LogP contribution in [0.1, 0.15) is 25.3 Å². The summed E-state index contributed by atoms with van der Waals surface area (Å²) in [6.45, 7) is 4.79. The number of phenols is 1. The standard InChI is InChI=1S/C24H25N3O3/c1-15-6-5-11-27(13-15)14-18-21(28)10-9-16-12-17(24(29)30-22(16)18)23-25-19-7-3-4-8-20(19)26(23)2/h3-4,7-10,12,15,28H,5-6,11,13-14H2,1-2H3. The highest BCUT2D eigenvalue weighted by Crippen LogP contribution is 2.31. The number of benzene rings is 2. The van der Waals surface area contributed by atoms with E-state index in [4.69, 9.17) is 4.42 Å². The highest BCUT2D eigenvalue weighted by atomic mass is 16.4. The SMILES string of the molecule is CC1CCCN(Cc2c(O)ccc3cc(-c4nc5ccccc5n4C)c(=O)oc23)C1. The van der Waals surface area contributed by atoms with Gasteiger partial charge in [0.2, 0.25) is 0 Å². The number of hydrogen-bond donors (Lipinski definition) is 1. The van der Waals surface area contributed by atoms with Crippen LogP contribution in [-0.4, -0.2) is 32.6 Å². The molecule has 0 bridgehead atoms. The summed E-state index contributed by atoms with van der Waals surface area (Å²) in [6.07, 6.45) is 2.38. The van der Waals surface area contributed by atoms with E-state index in [1.807, 2.05) is 41.9 Å². The van der Waals surface area contributed by atoms with Gasteiger partial charge >= 0.3 is 5.63 Å². The molecule has 1 atom stereocenters. The zero-order chi connectivity index (χ0) is 20.8. The molecule has 1 aliphatic rings. The van der Waals surface area contributed by atoms with Gasteiger partial charge in [0.15, 0.2) is 0 Å². The lowest BCUT2D eigenvalue weighted by atomic mass is 9.99. The van der Waals surface area contributed by atoms with Crippen LogP contribution in [0.25, 0.3) is 33.4 Å². The lowest BCUT2D eigenvalue weighted by molar-refractivity contribution is 0.175. The van der Waals surface area contributed by atoms with Crippen LogP contribution in [0.15, 0.2) is 51.7 Å². The van der Waals surface area contributed by atoms with Crippen molar-refractivity contribution in [2.24, 2.45) is 13.0 Å². The summed E-state index contributed by atoms with van der Waals surface area (Å²) in [5.74, 6) is 1.37. The van der Waals surface area contributed by atoms with E-state index in [0.29, 0.717) is 35.0 Å². The average molecular weight is 403 g/mol. The maximum atomic E-state index is 13.0. The smallest absolute Gasteiger partial charge is 0.347 e. The summed E-state index contributed by atoms with van der Waals surface area (Å²) in [5, 5.41) is 11.3. The number of fused-ring (bicyclic) bond motifs is 2. The molecule has 4 aromatic rings. The van der Waals surface area contributed by atoms with Crippen LogP contribution < -0.4 is 5.63 Å². The molecule has 5 rings (SSSR count). The number of phenolic OH excluding ortho intramolecular Hbond substituents is 1. The van der Waals surface area contributed by atoms with Gasteiger partial charge < -0.3 is 14.1 Å². The summed E-state index contributed by atoms with van der Waals surface area (Å²) >= 11 is 0. The average Bonchev–Trinajstić information content (AvgIpc) is 3.07. The fourth-order valence-corrected chi connectivity index (χ4v) is 4.58. The Morgan fingerprint density at radius 3 is 2.87 bits per heavy atom. The van der Waals surface area contributed by atoms with Crippen molar-refractivity contribution in [3.63, 3.8) is 0 Å². The van der Waals surface area contributed by atoms with E-state index in [-0.39, 0.29) is 5.75 Å². The van der Waals surface area contributed by atoms with Crippen molar-refractivity contribution in [3.8, 4) is 17.1 Å². The van der Waals surface area contributed by atoms with E-state index in [0.717, 1.165) is 35.9 Å². The van der Waals surface area contributed by atoms with Gasteiger partial charge in [-0.15, -0.1) is 0 Å². The number of hydrogen-bond acceptors (Lipinski definition) is 5. The molecule has 0 amide bonds. The van der Waals surface area contributed by atoms with Gasteiger partial charge in [0.1, 0.15) is 22.7 Å². The van der Waals surface area contributed by atoms with Crippen LogP contribution in [0, 0.1) is 5.92 Å². The third-order valence-corrected chi connectivity index (χ3v) is 6.13. The molecule has 1 unspecified atom stereocenters. The largest absolute Gasteiger partial charge is 0.507 e. The summed E-state index contributed by atoms with van der Waals surface area (Å²) in [5.41, 5.74) is 2.90. The Morgan fingerprint density at radius 2 is 2.07 bits per heavy atom. The minimum Gasteiger partial charge on any atom is -0.507 e. The minimum absolute atomic E-state index is 0.166. The molecular weight excluding hydrogens is 378 g/mol. The molecule has 6 heteroatoms. The first-order valence-corrected chi connectivity index (χ1v) is 10.4. The van der Waals surface area contributed by atoms with E-state index in [2.05, 4.69) is 16.8 Å². The lowest BCUT2D eigenvalue weighted by Gasteiger charge is -2.31. The van der Waals surface area contributed by atoms with Gasteiger partial charge in [-0.25, -0.2) is 9.78 Å². The number of aromatic hydroxyl groups is 1. The highest BCUT2D eigenvalue weighted by molar-refractivity contribution is 5.87. The number of imidazole rings is 1. The van der Waals surface area contributed by atoms with Gasteiger partial charge in [0.25, 0.3) is 0 Å². The molecule has 2 aromatic carbocycles. The van der Waals surface area contributed by atoms with E-state index < -0.39 is 5.63 Å². The molecule has 2 aromatic heterocycles. The first-order chi connectivity index (χ1) is 14.5. The van der Waals surface area contributed by atoms with E-state index in [1.165, 1.54) is 6.42 Å². The molecule has 1 fully saturated rings. The Hall–Kier alpha value is -3.12. The molecule has 0 spiro atoms. The Balaban J connectivity index is 1.61. The second kappa shape index (κ2) is 7.29. The van der Waals surface area contributed by atoms with Crippen LogP contribution >= 0.6 is 0 Å². The van der Waals surface area contributed by atoms with Crippen molar-refractivity contribution in [1.29, 1.82) is 0 Å². The van der Waals surface area contributed by atoms with Crippen LogP contribution in [0.3, 0.4) is 0 Å². The van der Waals surface area contributed by atoms with Crippen LogP contribution in [0.5, 0.6) is 5.75 Å². The fraction of sp³-hybridized carbons (Fsp3) is 0.333. The number of aryl methyl sites for hydroxylation is 1. The molecular formula is C24H25N3O3. The monoisotopic (exact) mass is 403 g/mol. The molecule has 1 aliphatic heterocycles. The Kier molecular flexibility index (Phi) is 4.59. The second-order valence-electron chi connectivity index (χ2n) is 8.39.